The number of carbonyl (C=O) groups excluding carboxylic acids is 2. The fourth-order valence-corrected chi connectivity index (χ4v) is 5.28. The lowest BCUT2D eigenvalue weighted by Crippen LogP contribution is -2.49. The largest absolute Gasteiger partial charge is 0.492 e. The van der Waals surface area contributed by atoms with Crippen molar-refractivity contribution in [2.24, 2.45) is 0 Å². The minimum absolute atomic E-state index is 0.0162. The smallest absolute Gasteiger partial charge is 0.338 e. The second-order valence-corrected chi connectivity index (χ2v) is 10.4. The Morgan fingerprint density at radius 3 is 2.38 bits per heavy atom. The molecule has 9 nitrogen and oxygen atoms in total. The summed E-state index contributed by atoms with van der Waals surface area (Å²) in [7, 11) is -3.95. The third-order valence-electron chi connectivity index (χ3n) is 4.97. The average Bonchev–Trinajstić information content (AvgIpc) is 2.78. The van der Waals surface area contributed by atoms with Gasteiger partial charge in [-0.15, -0.1) is 0 Å². The summed E-state index contributed by atoms with van der Waals surface area (Å²) in [5.74, 6) is -0.742. The molecular formula is C23H27BrN2O7S. The second kappa shape index (κ2) is 11.2. The Balaban J connectivity index is 1.62. The quantitative estimate of drug-likeness (QED) is 0.497. The number of hydrogen-bond donors (Lipinski definition) is 1. The van der Waals surface area contributed by atoms with E-state index in [0.717, 1.165) is 0 Å². The van der Waals surface area contributed by atoms with Gasteiger partial charge in [0, 0.05) is 23.2 Å². The molecule has 0 saturated carbocycles. The fraction of sp³-hybridized carbons (Fsp3) is 0.391. The van der Waals surface area contributed by atoms with Crippen molar-refractivity contribution in [3.05, 3.63) is 52.5 Å². The highest BCUT2D eigenvalue weighted by Crippen LogP contribution is 2.29. The van der Waals surface area contributed by atoms with Crippen molar-refractivity contribution in [1.29, 1.82) is 0 Å². The highest BCUT2D eigenvalue weighted by molar-refractivity contribution is 9.10. The summed E-state index contributed by atoms with van der Waals surface area (Å²) < 4.78 is 45.0. The van der Waals surface area contributed by atoms with Gasteiger partial charge in [-0.2, -0.15) is 0 Å². The van der Waals surface area contributed by atoms with Crippen LogP contribution in [-0.4, -0.2) is 63.7 Å². The molecule has 0 aromatic heterocycles. The maximum absolute atomic E-state index is 12.9. The molecule has 3 rings (SSSR count). The number of morpholine rings is 1. The van der Waals surface area contributed by atoms with E-state index in [1.165, 1.54) is 30.3 Å². The molecule has 0 spiro atoms. The average molecular weight is 555 g/mol. The van der Waals surface area contributed by atoms with E-state index in [1.54, 1.807) is 24.0 Å². The van der Waals surface area contributed by atoms with Gasteiger partial charge in [0.2, 0.25) is 0 Å². The van der Waals surface area contributed by atoms with E-state index < -0.39 is 16.0 Å². The van der Waals surface area contributed by atoms with Crippen molar-refractivity contribution >= 4 is 43.5 Å². The standard InChI is InChI=1S/C23H27BrN2O7S/c1-4-31-20-10-7-18(24)11-21(20)34(29,30)25-19-8-5-17(6-9-19)23(28)32-14-22(27)26-12-15(2)33-16(3)13-26/h5-11,15-16,25H,4,12-14H2,1-3H3. The summed E-state index contributed by atoms with van der Waals surface area (Å²) in [5, 5.41) is 0. The minimum atomic E-state index is -3.95. The van der Waals surface area contributed by atoms with Crippen LogP contribution in [0.2, 0.25) is 0 Å². The number of sulfonamides is 1. The van der Waals surface area contributed by atoms with Crippen LogP contribution in [0.1, 0.15) is 31.1 Å². The summed E-state index contributed by atoms with van der Waals surface area (Å²) in [5.41, 5.74) is 0.447. The third-order valence-corrected chi connectivity index (χ3v) is 6.86. The Bertz CT molecular complexity index is 1130. The number of ether oxygens (including phenoxy) is 3. The first kappa shape index (κ1) is 26.0. The number of benzene rings is 2. The predicted molar refractivity (Wildman–Crippen MR) is 129 cm³/mol. The van der Waals surface area contributed by atoms with Crippen molar-refractivity contribution in [2.45, 2.75) is 37.9 Å². The summed E-state index contributed by atoms with van der Waals surface area (Å²) in [6.45, 7) is 6.34. The van der Waals surface area contributed by atoms with Crippen LogP contribution in [0.15, 0.2) is 51.8 Å². The van der Waals surface area contributed by atoms with Gasteiger partial charge in [0.1, 0.15) is 10.6 Å². The Morgan fingerprint density at radius 1 is 1.12 bits per heavy atom. The van der Waals surface area contributed by atoms with E-state index in [9.17, 15) is 18.0 Å². The number of hydrogen-bond acceptors (Lipinski definition) is 7. The number of nitrogens with zero attached hydrogens (tertiary/aromatic N) is 1. The first-order chi connectivity index (χ1) is 16.1. The third kappa shape index (κ3) is 6.71. The highest BCUT2D eigenvalue weighted by Gasteiger charge is 2.26. The van der Waals surface area contributed by atoms with Crippen molar-refractivity contribution in [3.63, 3.8) is 0 Å². The molecule has 1 fully saturated rings. The van der Waals surface area contributed by atoms with Crippen LogP contribution in [0.4, 0.5) is 5.69 Å². The summed E-state index contributed by atoms with van der Waals surface area (Å²) in [6.07, 6.45) is -0.164. The molecule has 0 bridgehead atoms. The topological polar surface area (TPSA) is 111 Å². The summed E-state index contributed by atoms with van der Waals surface area (Å²) in [6, 6.07) is 10.4. The maximum atomic E-state index is 12.9. The number of nitrogens with one attached hydrogen (secondary N) is 1. The van der Waals surface area contributed by atoms with Crippen LogP contribution in [0.25, 0.3) is 0 Å². The molecule has 1 aliphatic rings. The molecule has 2 unspecified atom stereocenters. The Kier molecular flexibility index (Phi) is 8.56. The molecule has 11 heteroatoms. The van der Waals surface area contributed by atoms with Gasteiger partial charge < -0.3 is 19.1 Å². The molecule has 1 heterocycles. The highest BCUT2D eigenvalue weighted by atomic mass is 79.9. The van der Waals surface area contributed by atoms with E-state index in [-0.39, 0.29) is 46.6 Å². The van der Waals surface area contributed by atoms with E-state index in [2.05, 4.69) is 20.7 Å². The minimum Gasteiger partial charge on any atom is -0.492 e. The number of carbonyl (C=O) groups is 2. The normalized spacial score (nSPS) is 18.3. The SMILES string of the molecule is CCOc1ccc(Br)cc1S(=O)(=O)Nc1ccc(C(=O)OCC(=O)N2CC(C)OC(C)C2)cc1. The number of anilines is 1. The van der Waals surface area contributed by atoms with Crippen LogP contribution < -0.4 is 9.46 Å². The van der Waals surface area contributed by atoms with E-state index >= 15 is 0 Å². The van der Waals surface area contributed by atoms with Gasteiger partial charge in [-0.25, -0.2) is 13.2 Å². The number of rotatable bonds is 8. The molecular weight excluding hydrogens is 528 g/mol. The first-order valence-electron chi connectivity index (χ1n) is 10.7. The van der Waals surface area contributed by atoms with Crippen molar-refractivity contribution < 1.29 is 32.2 Å². The van der Waals surface area contributed by atoms with Crippen molar-refractivity contribution in [2.75, 3.05) is 31.0 Å². The zero-order valence-corrected chi connectivity index (χ0v) is 21.5. The number of amides is 1. The molecule has 184 valence electrons. The van der Waals surface area contributed by atoms with Crippen molar-refractivity contribution in [1.82, 2.24) is 4.90 Å². The molecule has 2 aromatic carbocycles. The van der Waals surface area contributed by atoms with E-state index in [4.69, 9.17) is 14.2 Å². The van der Waals surface area contributed by atoms with E-state index in [1.807, 2.05) is 13.8 Å². The molecule has 34 heavy (non-hydrogen) atoms. The molecule has 1 amide bonds. The van der Waals surface area contributed by atoms with Crippen LogP contribution in [0.3, 0.4) is 0 Å². The summed E-state index contributed by atoms with van der Waals surface area (Å²) >= 11 is 3.27. The molecule has 2 aromatic rings. The zero-order valence-electron chi connectivity index (χ0n) is 19.1. The summed E-state index contributed by atoms with van der Waals surface area (Å²) in [4.78, 5) is 26.3. The van der Waals surface area contributed by atoms with Gasteiger partial charge in [0.25, 0.3) is 15.9 Å². The molecule has 1 N–H and O–H groups in total. The first-order valence-corrected chi connectivity index (χ1v) is 13.0. The van der Waals surface area contributed by atoms with Gasteiger partial charge in [0.05, 0.1) is 24.4 Å². The lowest BCUT2D eigenvalue weighted by Gasteiger charge is -2.35. The van der Waals surface area contributed by atoms with Gasteiger partial charge >= 0.3 is 5.97 Å². The zero-order chi connectivity index (χ0) is 24.9. The predicted octanol–water partition coefficient (Wildman–Crippen LogP) is 3.44. The van der Waals surface area contributed by atoms with Crippen LogP contribution in [-0.2, 0) is 24.3 Å². The fourth-order valence-electron chi connectivity index (χ4n) is 3.53. The molecule has 0 aliphatic carbocycles. The van der Waals surface area contributed by atoms with E-state index in [0.29, 0.717) is 24.2 Å². The molecule has 0 radical (unpaired) electrons. The molecule has 2 atom stereocenters. The van der Waals surface area contributed by atoms with Crippen molar-refractivity contribution in [3.8, 4) is 5.75 Å². The Labute approximate surface area is 207 Å². The van der Waals surface area contributed by atoms with Crippen LogP contribution in [0, 0.1) is 0 Å². The van der Waals surface area contributed by atoms with Gasteiger partial charge in [-0.05, 0) is 63.2 Å². The lowest BCUT2D eigenvalue weighted by molar-refractivity contribution is -0.146. The van der Waals surface area contributed by atoms with Gasteiger partial charge in [-0.3, -0.25) is 9.52 Å². The Hall–Kier alpha value is -2.63. The maximum Gasteiger partial charge on any atom is 0.338 e. The Morgan fingerprint density at radius 2 is 1.76 bits per heavy atom. The van der Waals surface area contributed by atoms with Crippen LogP contribution in [0.5, 0.6) is 5.75 Å². The van der Waals surface area contributed by atoms with Crippen LogP contribution >= 0.6 is 15.9 Å². The van der Waals surface area contributed by atoms with Gasteiger partial charge in [0.15, 0.2) is 6.61 Å². The molecule has 1 saturated heterocycles. The lowest BCUT2D eigenvalue weighted by atomic mass is 10.2. The monoisotopic (exact) mass is 554 g/mol. The number of halogens is 1. The van der Waals surface area contributed by atoms with Gasteiger partial charge in [-0.1, -0.05) is 15.9 Å². The number of esters is 1. The second-order valence-electron chi connectivity index (χ2n) is 7.84. The molecule has 1 aliphatic heterocycles.